The normalized spacial score (nSPS) is 17.5. The number of halogens is 1. The van der Waals surface area contributed by atoms with Gasteiger partial charge < -0.3 is 15.3 Å². The Balaban J connectivity index is 1.84. The molecule has 0 bridgehead atoms. The molecule has 116 valence electrons. The highest BCUT2D eigenvalue weighted by Gasteiger charge is 2.40. The molecule has 2 heterocycles. The van der Waals surface area contributed by atoms with Crippen LogP contribution in [0.25, 0.3) is 0 Å². The first-order chi connectivity index (χ1) is 9.97. The maximum atomic E-state index is 12.1. The molecule has 2 rings (SSSR count). The summed E-state index contributed by atoms with van der Waals surface area (Å²) >= 11 is 4.97. The van der Waals surface area contributed by atoms with Gasteiger partial charge in [0, 0.05) is 27.8 Å². The molecular formula is C14H19BrN2O3S. The van der Waals surface area contributed by atoms with Gasteiger partial charge in [0.15, 0.2) is 0 Å². The molecule has 1 aromatic heterocycles. The molecule has 0 aliphatic carbocycles. The Morgan fingerprint density at radius 1 is 1.48 bits per heavy atom. The fourth-order valence-corrected chi connectivity index (χ4v) is 3.97. The summed E-state index contributed by atoms with van der Waals surface area (Å²) in [7, 11) is 0. The van der Waals surface area contributed by atoms with Crippen molar-refractivity contribution < 1.29 is 14.7 Å². The summed E-state index contributed by atoms with van der Waals surface area (Å²) in [6, 6.07) is 1.86. The van der Waals surface area contributed by atoms with E-state index in [9.17, 15) is 14.7 Å². The lowest BCUT2D eigenvalue weighted by atomic mass is 9.76. The topological polar surface area (TPSA) is 69.6 Å². The largest absolute Gasteiger partial charge is 0.481 e. The zero-order chi connectivity index (χ0) is 15.5. The molecule has 0 unspecified atom stereocenters. The summed E-state index contributed by atoms with van der Waals surface area (Å²) in [5.41, 5.74) is -0.657. The van der Waals surface area contributed by atoms with Gasteiger partial charge in [-0.2, -0.15) is 0 Å². The number of urea groups is 1. The number of hydrogen-bond donors (Lipinski definition) is 2. The number of nitrogens with zero attached hydrogens (tertiary/aromatic N) is 1. The number of amides is 2. The molecule has 21 heavy (non-hydrogen) atoms. The second-order valence-corrected chi connectivity index (χ2v) is 7.23. The van der Waals surface area contributed by atoms with E-state index in [4.69, 9.17) is 0 Å². The highest BCUT2D eigenvalue weighted by molar-refractivity contribution is 9.10. The third-order valence-corrected chi connectivity index (χ3v) is 5.87. The molecule has 0 saturated carbocycles. The average Bonchev–Trinajstić information content (AvgIpc) is 2.90. The molecule has 5 nitrogen and oxygen atoms in total. The Bertz CT molecular complexity index is 524. The van der Waals surface area contributed by atoms with Gasteiger partial charge in [0.25, 0.3) is 0 Å². The smallest absolute Gasteiger partial charge is 0.317 e. The van der Waals surface area contributed by atoms with Crippen LogP contribution in [0.5, 0.6) is 0 Å². The van der Waals surface area contributed by atoms with Crippen LogP contribution in [0.3, 0.4) is 0 Å². The fraction of sp³-hybridized carbons (Fsp3) is 0.571. The van der Waals surface area contributed by atoms with Gasteiger partial charge in [0.1, 0.15) is 0 Å². The van der Waals surface area contributed by atoms with Crippen LogP contribution < -0.4 is 5.32 Å². The molecule has 2 N–H and O–H groups in total. The van der Waals surface area contributed by atoms with Crippen molar-refractivity contribution in [2.45, 2.75) is 32.7 Å². The average molecular weight is 375 g/mol. The standard InChI is InChI=1S/C14H19BrN2O3S/c1-2-14(12(18)19)3-5-17(6-4-14)13(20)16-8-11-7-10(15)9-21-11/h7,9H,2-6,8H2,1H3,(H,16,20)(H,18,19). The molecule has 1 fully saturated rings. The molecule has 1 aliphatic rings. The lowest BCUT2D eigenvalue weighted by molar-refractivity contribution is -0.151. The minimum Gasteiger partial charge on any atom is -0.481 e. The van der Waals surface area contributed by atoms with Gasteiger partial charge in [-0.05, 0) is 41.3 Å². The molecule has 0 atom stereocenters. The third kappa shape index (κ3) is 3.77. The number of nitrogens with one attached hydrogen (secondary N) is 1. The van der Waals surface area contributed by atoms with Crippen LogP contribution in [-0.2, 0) is 11.3 Å². The summed E-state index contributed by atoms with van der Waals surface area (Å²) in [5.74, 6) is -0.742. The number of hydrogen-bond acceptors (Lipinski definition) is 3. The molecule has 1 aliphatic heterocycles. The van der Waals surface area contributed by atoms with Gasteiger partial charge in [-0.25, -0.2) is 4.79 Å². The predicted molar refractivity (Wildman–Crippen MR) is 85.4 cm³/mol. The van der Waals surface area contributed by atoms with E-state index in [0.717, 1.165) is 9.35 Å². The molecule has 0 aromatic carbocycles. The quantitative estimate of drug-likeness (QED) is 0.849. The zero-order valence-electron chi connectivity index (χ0n) is 11.9. The minimum absolute atomic E-state index is 0.116. The van der Waals surface area contributed by atoms with Crippen LogP contribution in [-0.4, -0.2) is 35.1 Å². The van der Waals surface area contributed by atoms with E-state index in [1.807, 2.05) is 18.4 Å². The first-order valence-corrected chi connectivity index (χ1v) is 8.63. The summed E-state index contributed by atoms with van der Waals surface area (Å²) in [6.45, 7) is 3.40. The SMILES string of the molecule is CCC1(C(=O)O)CCN(C(=O)NCc2cc(Br)cs2)CC1. The van der Waals surface area contributed by atoms with Crippen LogP contribution in [0.1, 0.15) is 31.1 Å². The van der Waals surface area contributed by atoms with E-state index in [1.54, 1.807) is 16.2 Å². The lowest BCUT2D eigenvalue weighted by Crippen LogP contribution is -2.49. The number of carboxylic acid groups (broad SMARTS) is 1. The second-order valence-electron chi connectivity index (χ2n) is 5.32. The third-order valence-electron chi connectivity index (χ3n) is 4.17. The van der Waals surface area contributed by atoms with Gasteiger partial charge in [-0.1, -0.05) is 6.92 Å². The van der Waals surface area contributed by atoms with E-state index < -0.39 is 11.4 Å². The summed E-state index contributed by atoms with van der Waals surface area (Å²) in [5, 5.41) is 14.2. The molecule has 1 aromatic rings. The van der Waals surface area contributed by atoms with E-state index in [0.29, 0.717) is 38.9 Å². The molecule has 2 amide bonds. The Kier molecular flexibility index (Phi) is 5.27. The van der Waals surface area contributed by atoms with E-state index in [1.165, 1.54) is 0 Å². The zero-order valence-corrected chi connectivity index (χ0v) is 14.3. The van der Waals surface area contributed by atoms with Crippen molar-refractivity contribution in [3.05, 3.63) is 20.8 Å². The Labute approximate surface area is 136 Å². The Morgan fingerprint density at radius 2 is 2.14 bits per heavy atom. The Hall–Kier alpha value is -1.08. The highest BCUT2D eigenvalue weighted by Crippen LogP contribution is 2.35. The number of piperidine rings is 1. The van der Waals surface area contributed by atoms with Gasteiger partial charge in [0.2, 0.25) is 0 Å². The van der Waals surface area contributed by atoms with Crippen molar-refractivity contribution in [1.29, 1.82) is 0 Å². The first kappa shape index (κ1) is 16.3. The van der Waals surface area contributed by atoms with Gasteiger partial charge in [0.05, 0.1) is 12.0 Å². The van der Waals surface area contributed by atoms with Gasteiger partial charge in [-0.3, -0.25) is 4.79 Å². The number of thiophene rings is 1. The van der Waals surface area contributed by atoms with Crippen LogP contribution in [0.4, 0.5) is 4.79 Å². The fourth-order valence-electron chi connectivity index (χ4n) is 2.58. The van der Waals surface area contributed by atoms with Gasteiger partial charge >= 0.3 is 12.0 Å². The van der Waals surface area contributed by atoms with E-state index >= 15 is 0 Å². The van der Waals surface area contributed by atoms with Crippen LogP contribution >= 0.6 is 27.3 Å². The highest BCUT2D eigenvalue weighted by atomic mass is 79.9. The molecule has 0 radical (unpaired) electrons. The van der Waals surface area contributed by atoms with Crippen molar-refractivity contribution in [3.63, 3.8) is 0 Å². The summed E-state index contributed by atoms with van der Waals surface area (Å²) in [4.78, 5) is 26.3. The minimum atomic E-state index is -0.742. The van der Waals surface area contributed by atoms with Crippen molar-refractivity contribution in [2.75, 3.05) is 13.1 Å². The van der Waals surface area contributed by atoms with Crippen molar-refractivity contribution in [1.82, 2.24) is 10.2 Å². The summed E-state index contributed by atoms with van der Waals surface area (Å²) < 4.78 is 1.02. The van der Waals surface area contributed by atoms with Crippen molar-refractivity contribution in [3.8, 4) is 0 Å². The van der Waals surface area contributed by atoms with E-state index in [2.05, 4.69) is 21.2 Å². The van der Waals surface area contributed by atoms with Crippen LogP contribution in [0.15, 0.2) is 15.9 Å². The number of likely N-dealkylation sites (tertiary alicyclic amines) is 1. The number of carbonyl (C=O) groups excluding carboxylic acids is 1. The monoisotopic (exact) mass is 374 g/mol. The van der Waals surface area contributed by atoms with Crippen molar-refractivity contribution >= 4 is 39.3 Å². The van der Waals surface area contributed by atoms with Gasteiger partial charge in [-0.15, -0.1) is 11.3 Å². The first-order valence-electron chi connectivity index (χ1n) is 6.96. The number of carbonyl (C=O) groups is 2. The Morgan fingerprint density at radius 3 is 2.62 bits per heavy atom. The molecule has 0 spiro atoms. The molecular weight excluding hydrogens is 356 g/mol. The lowest BCUT2D eigenvalue weighted by Gasteiger charge is -2.38. The number of carboxylic acids is 1. The maximum absolute atomic E-state index is 12.1. The molecule has 7 heteroatoms. The molecule has 1 saturated heterocycles. The second kappa shape index (κ2) is 6.79. The van der Waals surface area contributed by atoms with E-state index in [-0.39, 0.29) is 6.03 Å². The summed E-state index contributed by atoms with van der Waals surface area (Å²) in [6.07, 6.45) is 1.66. The number of aliphatic carboxylic acids is 1. The van der Waals surface area contributed by atoms with Crippen LogP contribution in [0.2, 0.25) is 0 Å². The number of rotatable bonds is 4. The van der Waals surface area contributed by atoms with Crippen molar-refractivity contribution in [2.24, 2.45) is 5.41 Å². The van der Waals surface area contributed by atoms with Crippen LogP contribution in [0, 0.1) is 5.41 Å². The predicted octanol–water partition coefficient (Wildman–Crippen LogP) is 3.30. The maximum Gasteiger partial charge on any atom is 0.317 e.